The third kappa shape index (κ3) is 5.54. The first kappa shape index (κ1) is 24.6. The number of carbonyl (C=O) groups is 1. The molecule has 0 saturated carbocycles. The van der Waals surface area contributed by atoms with Crippen LogP contribution in [0.3, 0.4) is 0 Å². The number of esters is 1. The third-order valence-electron chi connectivity index (χ3n) is 6.49. The normalized spacial score (nSPS) is 31.2. The lowest BCUT2D eigenvalue weighted by molar-refractivity contribution is -0.170. The molecule has 0 fully saturated rings. The molecule has 0 radical (unpaired) electrons. The van der Waals surface area contributed by atoms with E-state index in [1.165, 1.54) is 11.6 Å². The van der Waals surface area contributed by atoms with Crippen LogP contribution in [0.1, 0.15) is 47.5 Å². The highest BCUT2D eigenvalue weighted by atomic mass is 16.7. The summed E-state index contributed by atoms with van der Waals surface area (Å²) in [6.07, 6.45) is 7.49. The zero-order valence-electron chi connectivity index (χ0n) is 19.4. The predicted octanol–water partition coefficient (Wildman–Crippen LogP) is 4.00. The summed E-state index contributed by atoms with van der Waals surface area (Å²) in [5.74, 6) is 1.02. The Morgan fingerprint density at radius 1 is 1.37 bits per heavy atom. The van der Waals surface area contributed by atoms with Gasteiger partial charge in [-0.15, -0.1) is 0 Å². The second-order valence-electron chi connectivity index (χ2n) is 8.78. The van der Waals surface area contributed by atoms with Crippen molar-refractivity contribution in [1.82, 2.24) is 0 Å². The molecule has 0 amide bonds. The van der Waals surface area contributed by atoms with Gasteiger partial charge in [0.25, 0.3) is 0 Å². The van der Waals surface area contributed by atoms with E-state index in [9.17, 15) is 9.90 Å². The lowest BCUT2D eigenvalue weighted by atomic mass is 9.65. The zero-order chi connectivity index (χ0) is 22.5. The molecule has 1 heterocycles. The van der Waals surface area contributed by atoms with Gasteiger partial charge in [0, 0.05) is 20.1 Å². The Morgan fingerprint density at radius 3 is 2.60 bits per heavy atom. The molecule has 2 rings (SSSR count). The first-order chi connectivity index (χ1) is 14.2. The van der Waals surface area contributed by atoms with E-state index in [1.807, 2.05) is 13.0 Å². The molecular weight excluding hydrogens is 384 g/mol. The summed E-state index contributed by atoms with van der Waals surface area (Å²) in [5, 5.41) is 11.2. The summed E-state index contributed by atoms with van der Waals surface area (Å²) >= 11 is 0. The Bertz CT molecular complexity index is 675. The van der Waals surface area contributed by atoms with Crippen LogP contribution in [0.4, 0.5) is 0 Å². The Hall–Kier alpha value is -1.63. The van der Waals surface area contributed by atoms with Crippen LogP contribution in [0.25, 0.3) is 0 Å². The standard InChI is InChI=1S/C24H38O6/c1-8-29-21(26)13-17-11-12-24(5,30-17)20(25)14-19-16(4)9-10-18(15(2)3)22(19)23(27-6)28-7/h9,11-13,15,18-20,22-23,25H,8,10,14H2,1-7H3/b17-13-/t18-,19+,20-,22-,24+/m1/s1. The van der Waals surface area contributed by atoms with Crippen molar-refractivity contribution in [2.24, 2.45) is 23.7 Å². The smallest absolute Gasteiger partial charge is 0.334 e. The third-order valence-corrected chi connectivity index (χ3v) is 6.49. The molecule has 2 aliphatic rings. The highest BCUT2D eigenvalue weighted by Crippen LogP contribution is 2.45. The predicted molar refractivity (Wildman–Crippen MR) is 115 cm³/mol. The Labute approximate surface area is 180 Å². The molecule has 5 atom stereocenters. The monoisotopic (exact) mass is 422 g/mol. The van der Waals surface area contributed by atoms with E-state index < -0.39 is 17.7 Å². The molecule has 170 valence electrons. The van der Waals surface area contributed by atoms with Crippen molar-refractivity contribution in [3.05, 3.63) is 35.6 Å². The molecule has 0 bridgehead atoms. The molecule has 0 aromatic carbocycles. The van der Waals surface area contributed by atoms with Crippen molar-refractivity contribution in [3.63, 3.8) is 0 Å². The van der Waals surface area contributed by atoms with Gasteiger partial charge < -0.3 is 24.1 Å². The SMILES string of the molecule is CCOC(=O)/C=C1/C=C[C@@](C)([C@H](O)C[C@H]2C(C)=CC[C@H](C(C)C)[C@H]2C(OC)OC)O1. The van der Waals surface area contributed by atoms with Crippen LogP contribution in [0, 0.1) is 23.7 Å². The molecule has 0 aromatic heterocycles. The molecule has 1 N–H and O–H groups in total. The van der Waals surface area contributed by atoms with Crippen LogP contribution < -0.4 is 0 Å². The van der Waals surface area contributed by atoms with Gasteiger partial charge >= 0.3 is 5.97 Å². The fourth-order valence-electron chi connectivity index (χ4n) is 4.69. The van der Waals surface area contributed by atoms with E-state index in [4.69, 9.17) is 18.9 Å². The number of aliphatic hydroxyl groups excluding tert-OH is 1. The fourth-order valence-corrected chi connectivity index (χ4v) is 4.69. The largest absolute Gasteiger partial charge is 0.481 e. The van der Waals surface area contributed by atoms with Gasteiger partial charge in [0.1, 0.15) is 5.76 Å². The summed E-state index contributed by atoms with van der Waals surface area (Å²) in [6.45, 7) is 10.4. The van der Waals surface area contributed by atoms with E-state index in [0.717, 1.165) is 6.42 Å². The quantitative estimate of drug-likeness (QED) is 0.262. The maximum Gasteiger partial charge on any atom is 0.334 e. The highest BCUT2D eigenvalue weighted by molar-refractivity contribution is 5.83. The van der Waals surface area contributed by atoms with Crippen molar-refractivity contribution in [1.29, 1.82) is 0 Å². The van der Waals surface area contributed by atoms with E-state index >= 15 is 0 Å². The molecule has 0 saturated heterocycles. The Morgan fingerprint density at radius 2 is 2.03 bits per heavy atom. The Balaban J connectivity index is 2.21. The molecule has 1 aliphatic carbocycles. The van der Waals surface area contributed by atoms with Gasteiger partial charge in [0.2, 0.25) is 0 Å². The van der Waals surface area contributed by atoms with Crippen molar-refractivity contribution in [3.8, 4) is 0 Å². The highest BCUT2D eigenvalue weighted by Gasteiger charge is 2.45. The minimum absolute atomic E-state index is 0.0953. The lowest BCUT2D eigenvalue weighted by Gasteiger charge is -2.44. The molecule has 0 unspecified atom stereocenters. The summed E-state index contributed by atoms with van der Waals surface area (Å²) in [7, 11) is 3.34. The Kier molecular flexibility index (Phi) is 8.71. The molecule has 30 heavy (non-hydrogen) atoms. The first-order valence-corrected chi connectivity index (χ1v) is 10.8. The van der Waals surface area contributed by atoms with Crippen molar-refractivity contribution in [2.75, 3.05) is 20.8 Å². The molecular formula is C24H38O6. The first-order valence-electron chi connectivity index (χ1n) is 10.8. The second kappa shape index (κ2) is 10.6. The van der Waals surface area contributed by atoms with Gasteiger partial charge in [0.05, 0.1) is 18.8 Å². The van der Waals surface area contributed by atoms with Crippen molar-refractivity contribution in [2.45, 2.75) is 65.5 Å². The molecule has 6 nitrogen and oxygen atoms in total. The summed E-state index contributed by atoms with van der Waals surface area (Å²) in [4.78, 5) is 11.7. The zero-order valence-corrected chi connectivity index (χ0v) is 19.4. The number of rotatable bonds is 9. The number of hydrogen-bond acceptors (Lipinski definition) is 6. The van der Waals surface area contributed by atoms with Gasteiger partial charge in [-0.05, 0) is 63.5 Å². The number of ether oxygens (including phenoxy) is 4. The maximum absolute atomic E-state index is 11.7. The number of methoxy groups -OCH3 is 2. The van der Waals surface area contributed by atoms with Gasteiger partial charge in [-0.3, -0.25) is 0 Å². The van der Waals surface area contributed by atoms with Gasteiger partial charge in [-0.1, -0.05) is 25.5 Å². The number of allylic oxidation sites excluding steroid dienone is 3. The molecule has 6 heteroatoms. The summed E-state index contributed by atoms with van der Waals surface area (Å²) < 4.78 is 22.2. The van der Waals surface area contributed by atoms with Gasteiger partial charge in [-0.25, -0.2) is 4.79 Å². The van der Waals surface area contributed by atoms with Crippen LogP contribution in [0.5, 0.6) is 0 Å². The molecule has 1 aliphatic heterocycles. The van der Waals surface area contributed by atoms with E-state index in [-0.39, 0.29) is 18.1 Å². The van der Waals surface area contributed by atoms with Crippen LogP contribution in [-0.4, -0.2) is 49.9 Å². The van der Waals surface area contributed by atoms with Gasteiger partial charge in [0.15, 0.2) is 11.9 Å². The van der Waals surface area contributed by atoms with E-state index in [1.54, 1.807) is 27.2 Å². The van der Waals surface area contributed by atoms with E-state index in [2.05, 4.69) is 26.8 Å². The topological polar surface area (TPSA) is 74.2 Å². The minimum Gasteiger partial charge on any atom is -0.481 e. The average molecular weight is 423 g/mol. The summed E-state index contributed by atoms with van der Waals surface area (Å²) in [6, 6.07) is 0. The number of hydrogen-bond donors (Lipinski definition) is 1. The van der Waals surface area contributed by atoms with Crippen LogP contribution >= 0.6 is 0 Å². The van der Waals surface area contributed by atoms with Crippen LogP contribution in [0.2, 0.25) is 0 Å². The fraction of sp³-hybridized carbons (Fsp3) is 0.708. The van der Waals surface area contributed by atoms with E-state index in [0.29, 0.717) is 30.6 Å². The molecule has 0 aromatic rings. The minimum atomic E-state index is -0.913. The van der Waals surface area contributed by atoms with Gasteiger partial charge in [-0.2, -0.15) is 0 Å². The summed E-state index contributed by atoms with van der Waals surface area (Å²) in [5.41, 5.74) is 0.326. The maximum atomic E-state index is 11.7. The van der Waals surface area contributed by atoms with Crippen LogP contribution in [-0.2, 0) is 23.7 Å². The average Bonchev–Trinajstić information content (AvgIpc) is 3.07. The second-order valence-corrected chi connectivity index (χ2v) is 8.78. The number of carbonyl (C=O) groups excluding carboxylic acids is 1. The van der Waals surface area contributed by atoms with Crippen molar-refractivity contribution < 1.29 is 28.8 Å². The lowest BCUT2D eigenvalue weighted by Crippen LogP contribution is -2.45. The number of aliphatic hydroxyl groups is 1. The van der Waals surface area contributed by atoms with Crippen molar-refractivity contribution >= 4 is 5.97 Å². The molecule has 0 spiro atoms. The van der Waals surface area contributed by atoms with Crippen LogP contribution in [0.15, 0.2) is 35.6 Å².